The summed E-state index contributed by atoms with van der Waals surface area (Å²) in [7, 11) is 0. The summed E-state index contributed by atoms with van der Waals surface area (Å²) in [6.07, 6.45) is 4.15. The van der Waals surface area contributed by atoms with Crippen LogP contribution in [0.5, 0.6) is 0 Å². The lowest BCUT2D eigenvalue weighted by molar-refractivity contribution is 0.101. The van der Waals surface area contributed by atoms with Crippen LogP contribution in [0.4, 0.5) is 10.1 Å². The van der Waals surface area contributed by atoms with Gasteiger partial charge in [-0.25, -0.2) is 4.39 Å². The molecule has 0 saturated heterocycles. The minimum absolute atomic E-state index is 0.131. The first kappa shape index (κ1) is 18.5. The second-order valence-corrected chi connectivity index (χ2v) is 7.61. The normalized spacial score (nSPS) is 13.2. The Balaban J connectivity index is 1.76. The Hall–Kier alpha value is -2.88. The third-order valence-corrected chi connectivity index (χ3v) is 5.62. The van der Waals surface area contributed by atoms with Crippen molar-refractivity contribution in [3.63, 3.8) is 0 Å². The van der Waals surface area contributed by atoms with Gasteiger partial charge >= 0.3 is 0 Å². The van der Waals surface area contributed by atoms with Crippen molar-refractivity contribution in [1.82, 2.24) is 4.57 Å². The minimum Gasteiger partial charge on any atom is -0.336 e. The van der Waals surface area contributed by atoms with E-state index in [0.29, 0.717) is 17.8 Å². The van der Waals surface area contributed by atoms with Gasteiger partial charge in [0.25, 0.3) is 5.91 Å². The lowest BCUT2D eigenvalue weighted by Crippen LogP contribution is -2.20. The van der Waals surface area contributed by atoms with Crippen molar-refractivity contribution >= 4 is 11.6 Å². The third kappa shape index (κ3) is 3.47. The zero-order valence-corrected chi connectivity index (χ0v) is 16.4. The highest BCUT2D eigenvalue weighted by Gasteiger charge is 2.26. The van der Waals surface area contributed by atoms with Gasteiger partial charge in [0.1, 0.15) is 11.5 Å². The number of hydrogen-bond acceptors (Lipinski definition) is 1. The molecule has 4 heteroatoms. The van der Waals surface area contributed by atoms with Crippen LogP contribution >= 0.6 is 0 Å². The van der Waals surface area contributed by atoms with Gasteiger partial charge < -0.3 is 9.88 Å². The molecule has 4 rings (SSSR count). The maximum absolute atomic E-state index is 14.3. The summed E-state index contributed by atoms with van der Waals surface area (Å²) in [6.45, 7) is 4.40. The van der Waals surface area contributed by atoms with Crippen molar-refractivity contribution in [3.05, 3.63) is 88.0 Å². The van der Waals surface area contributed by atoms with Gasteiger partial charge in [-0.1, -0.05) is 30.3 Å². The number of aryl methyl sites for hydroxylation is 1. The quantitative estimate of drug-likeness (QED) is 0.648. The highest BCUT2D eigenvalue weighted by Crippen LogP contribution is 2.31. The zero-order chi connectivity index (χ0) is 19.7. The van der Waals surface area contributed by atoms with Crippen molar-refractivity contribution in [2.24, 2.45) is 0 Å². The van der Waals surface area contributed by atoms with Gasteiger partial charge in [0.15, 0.2) is 0 Å². The monoisotopic (exact) mass is 376 g/mol. The Kier molecular flexibility index (Phi) is 5.03. The number of fused-ring (bicyclic) bond motifs is 1. The van der Waals surface area contributed by atoms with E-state index in [9.17, 15) is 9.18 Å². The van der Waals surface area contributed by atoms with E-state index in [-0.39, 0.29) is 11.7 Å². The number of anilines is 1. The number of rotatable bonds is 4. The van der Waals surface area contributed by atoms with Crippen LogP contribution in [0.3, 0.4) is 0 Å². The molecule has 1 amide bonds. The fourth-order valence-corrected chi connectivity index (χ4v) is 4.25. The van der Waals surface area contributed by atoms with E-state index in [1.807, 2.05) is 48.7 Å². The van der Waals surface area contributed by atoms with E-state index in [1.165, 1.54) is 17.3 Å². The molecule has 0 aliphatic heterocycles. The molecule has 1 aromatic heterocycles. The number of nitrogens with one attached hydrogen (secondary N) is 1. The van der Waals surface area contributed by atoms with Crippen LogP contribution in [-0.2, 0) is 19.4 Å². The first-order chi connectivity index (χ1) is 13.5. The smallest absolute Gasteiger partial charge is 0.272 e. The third-order valence-electron chi connectivity index (χ3n) is 5.62. The largest absolute Gasteiger partial charge is 0.336 e. The van der Waals surface area contributed by atoms with Crippen molar-refractivity contribution in [2.75, 3.05) is 5.32 Å². The molecule has 3 nitrogen and oxygen atoms in total. The summed E-state index contributed by atoms with van der Waals surface area (Å²) in [6, 6.07) is 14.6. The molecule has 1 heterocycles. The number of carbonyl (C=O) groups excluding carboxylic acids is 1. The first-order valence-corrected chi connectivity index (χ1v) is 9.87. The molecule has 2 aromatic carbocycles. The summed E-state index contributed by atoms with van der Waals surface area (Å²) in [5.41, 5.74) is 6.60. The second kappa shape index (κ2) is 7.63. The topological polar surface area (TPSA) is 34.0 Å². The highest BCUT2D eigenvalue weighted by atomic mass is 19.1. The molecule has 0 unspecified atom stereocenters. The molecule has 1 aliphatic carbocycles. The van der Waals surface area contributed by atoms with Gasteiger partial charge in [-0.05, 0) is 74.4 Å². The molecule has 1 N–H and O–H groups in total. The van der Waals surface area contributed by atoms with Crippen LogP contribution in [0.25, 0.3) is 0 Å². The summed E-state index contributed by atoms with van der Waals surface area (Å²) in [5, 5.41) is 3.04. The molecule has 0 saturated carbocycles. The number of carbonyl (C=O) groups is 1. The van der Waals surface area contributed by atoms with Gasteiger partial charge in [0, 0.05) is 16.9 Å². The molecular weight excluding hydrogens is 351 g/mol. The molecule has 28 heavy (non-hydrogen) atoms. The van der Waals surface area contributed by atoms with Crippen molar-refractivity contribution in [3.8, 4) is 0 Å². The summed E-state index contributed by atoms with van der Waals surface area (Å²) >= 11 is 0. The van der Waals surface area contributed by atoms with Crippen LogP contribution in [0.15, 0.2) is 48.5 Å². The first-order valence-electron chi connectivity index (χ1n) is 9.87. The standard InChI is InChI=1S/C24H25FN2O/c1-16-8-7-10-19(14-16)26-24(28)23-17(2)20-11-4-6-13-22(20)27(23)15-18-9-3-5-12-21(18)25/h3,5,7-10,12,14H,4,6,11,13,15H2,1-2H3,(H,26,28). The van der Waals surface area contributed by atoms with Gasteiger partial charge in [0.05, 0.1) is 6.54 Å². The summed E-state index contributed by atoms with van der Waals surface area (Å²) < 4.78 is 16.4. The van der Waals surface area contributed by atoms with E-state index in [1.54, 1.807) is 12.1 Å². The zero-order valence-electron chi connectivity index (χ0n) is 16.4. The lowest BCUT2D eigenvalue weighted by atomic mass is 9.95. The van der Waals surface area contributed by atoms with E-state index in [4.69, 9.17) is 0 Å². The average molecular weight is 376 g/mol. The van der Waals surface area contributed by atoms with Crippen LogP contribution in [0.1, 0.15) is 51.3 Å². The Morgan fingerprint density at radius 3 is 2.64 bits per heavy atom. The summed E-state index contributed by atoms with van der Waals surface area (Å²) in [5.74, 6) is -0.364. The number of halogens is 1. The van der Waals surface area contributed by atoms with Crippen LogP contribution in [0.2, 0.25) is 0 Å². The lowest BCUT2D eigenvalue weighted by Gasteiger charge is -2.17. The van der Waals surface area contributed by atoms with Crippen molar-refractivity contribution in [2.45, 2.75) is 46.1 Å². The van der Waals surface area contributed by atoms with Gasteiger partial charge in [-0.3, -0.25) is 4.79 Å². The number of aromatic nitrogens is 1. The second-order valence-electron chi connectivity index (χ2n) is 7.61. The molecule has 0 fully saturated rings. The number of hydrogen-bond donors (Lipinski definition) is 1. The van der Waals surface area contributed by atoms with Crippen molar-refractivity contribution in [1.29, 1.82) is 0 Å². The van der Waals surface area contributed by atoms with Gasteiger partial charge in [-0.2, -0.15) is 0 Å². The van der Waals surface area contributed by atoms with E-state index in [2.05, 4.69) is 5.32 Å². The molecular formula is C24H25FN2O. The fraction of sp³-hybridized carbons (Fsp3) is 0.292. The number of benzene rings is 2. The van der Waals surface area contributed by atoms with Gasteiger partial charge in [0.2, 0.25) is 0 Å². The molecule has 0 spiro atoms. The van der Waals surface area contributed by atoms with Crippen LogP contribution < -0.4 is 5.32 Å². The Morgan fingerprint density at radius 2 is 1.86 bits per heavy atom. The maximum Gasteiger partial charge on any atom is 0.272 e. The fourth-order valence-electron chi connectivity index (χ4n) is 4.25. The van der Waals surface area contributed by atoms with Gasteiger partial charge in [-0.15, -0.1) is 0 Å². The Bertz CT molecular complexity index is 1040. The molecule has 0 atom stereocenters. The molecule has 3 aromatic rings. The van der Waals surface area contributed by atoms with E-state index < -0.39 is 0 Å². The van der Waals surface area contributed by atoms with E-state index in [0.717, 1.165) is 42.5 Å². The van der Waals surface area contributed by atoms with E-state index >= 15 is 0 Å². The summed E-state index contributed by atoms with van der Waals surface area (Å²) in [4.78, 5) is 13.2. The average Bonchev–Trinajstić information content (AvgIpc) is 2.96. The van der Waals surface area contributed by atoms with Crippen LogP contribution in [-0.4, -0.2) is 10.5 Å². The number of amides is 1. The molecule has 0 radical (unpaired) electrons. The molecule has 144 valence electrons. The Morgan fingerprint density at radius 1 is 1.07 bits per heavy atom. The maximum atomic E-state index is 14.3. The SMILES string of the molecule is Cc1cccc(NC(=O)c2c(C)c3c(n2Cc2ccccc2F)CCCC3)c1. The number of nitrogens with zero attached hydrogens (tertiary/aromatic N) is 1. The predicted octanol–water partition coefficient (Wildman–Crippen LogP) is 5.42. The molecule has 1 aliphatic rings. The predicted molar refractivity (Wildman–Crippen MR) is 110 cm³/mol. The Labute approximate surface area is 165 Å². The van der Waals surface area contributed by atoms with Crippen LogP contribution in [0, 0.1) is 19.7 Å². The highest BCUT2D eigenvalue weighted by molar-refractivity contribution is 6.04. The minimum atomic E-state index is -0.233. The van der Waals surface area contributed by atoms with Crippen molar-refractivity contribution < 1.29 is 9.18 Å². The molecule has 0 bridgehead atoms.